The first-order valence-corrected chi connectivity index (χ1v) is 9.02. The summed E-state index contributed by atoms with van der Waals surface area (Å²) in [6.07, 6.45) is 1.30. The third-order valence-corrected chi connectivity index (χ3v) is 4.76. The Kier molecular flexibility index (Phi) is 5.86. The van der Waals surface area contributed by atoms with E-state index in [9.17, 15) is 23.2 Å². The number of nitrogens with one attached hydrogen (secondary N) is 1. The summed E-state index contributed by atoms with van der Waals surface area (Å²) >= 11 is 0. The molecule has 1 aliphatic rings. The van der Waals surface area contributed by atoms with Gasteiger partial charge in [-0.25, -0.2) is 8.78 Å². The molecule has 3 atom stereocenters. The van der Waals surface area contributed by atoms with Gasteiger partial charge in [-0.3, -0.25) is 19.4 Å². The van der Waals surface area contributed by atoms with Crippen LogP contribution in [0.15, 0.2) is 42.7 Å². The van der Waals surface area contributed by atoms with Crippen LogP contribution in [0.1, 0.15) is 35.3 Å². The number of carbonyl (C=O) groups is 3. The number of likely N-dealkylation sites (tertiary alicyclic amines) is 1. The Balaban J connectivity index is 1.83. The molecule has 1 saturated heterocycles. The zero-order chi connectivity index (χ0) is 21.1. The van der Waals surface area contributed by atoms with E-state index in [-0.39, 0.29) is 30.1 Å². The Hall–Kier alpha value is -3.36. The van der Waals surface area contributed by atoms with E-state index in [0.29, 0.717) is 5.56 Å². The van der Waals surface area contributed by atoms with Crippen LogP contribution in [0, 0.1) is 11.7 Å². The van der Waals surface area contributed by atoms with Crippen molar-refractivity contribution in [2.24, 2.45) is 11.7 Å². The van der Waals surface area contributed by atoms with E-state index in [1.807, 2.05) is 0 Å². The van der Waals surface area contributed by atoms with Gasteiger partial charge in [0.25, 0.3) is 0 Å². The summed E-state index contributed by atoms with van der Waals surface area (Å²) in [6, 6.07) is 5.46. The van der Waals surface area contributed by atoms with Crippen molar-refractivity contribution >= 4 is 23.4 Å². The molecule has 152 valence electrons. The van der Waals surface area contributed by atoms with Gasteiger partial charge in [0.1, 0.15) is 12.0 Å². The van der Waals surface area contributed by atoms with Crippen LogP contribution in [0.3, 0.4) is 0 Å². The summed E-state index contributed by atoms with van der Waals surface area (Å²) in [6.45, 7) is 1.96. The Morgan fingerprint density at radius 2 is 1.90 bits per heavy atom. The van der Waals surface area contributed by atoms with Crippen LogP contribution in [0.2, 0.25) is 0 Å². The van der Waals surface area contributed by atoms with E-state index >= 15 is 0 Å². The summed E-state index contributed by atoms with van der Waals surface area (Å²) in [5, 5.41) is 2.36. The van der Waals surface area contributed by atoms with Crippen molar-refractivity contribution in [2.45, 2.75) is 25.6 Å². The number of halogens is 2. The first kappa shape index (κ1) is 20.4. The third kappa shape index (κ3) is 4.56. The molecule has 1 aliphatic heterocycles. The molecule has 2 aromatic rings. The molecule has 0 radical (unpaired) electrons. The van der Waals surface area contributed by atoms with Crippen LogP contribution in [0.4, 0.5) is 14.5 Å². The zero-order valence-electron chi connectivity index (χ0n) is 15.6. The highest BCUT2D eigenvalue weighted by Gasteiger charge is 2.40. The number of primary amides is 1. The van der Waals surface area contributed by atoms with Crippen LogP contribution in [0.25, 0.3) is 0 Å². The SMILES string of the molecule is C[C@H]1C[C@@H](F)[C@@H](c2ccc(F)cc2)N(C(=O)C(=O)Nc2cncc(C(N)=O)c2)C1. The highest BCUT2D eigenvalue weighted by molar-refractivity contribution is 6.39. The topological polar surface area (TPSA) is 105 Å². The second-order valence-corrected chi connectivity index (χ2v) is 7.09. The average molecular weight is 402 g/mol. The Morgan fingerprint density at radius 3 is 2.55 bits per heavy atom. The van der Waals surface area contributed by atoms with Crippen LogP contribution in [-0.4, -0.2) is 40.3 Å². The molecule has 1 aromatic heterocycles. The van der Waals surface area contributed by atoms with Gasteiger partial charge in [-0.1, -0.05) is 19.1 Å². The number of carbonyl (C=O) groups excluding carboxylic acids is 3. The lowest BCUT2D eigenvalue weighted by Gasteiger charge is -2.40. The molecule has 9 heteroatoms. The number of hydrogen-bond donors (Lipinski definition) is 2. The van der Waals surface area contributed by atoms with E-state index in [1.165, 1.54) is 42.7 Å². The van der Waals surface area contributed by atoms with Crippen molar-refractivity contribution in [2.75, 3.05) is 11.9 Å². The zero-order valence-corrected chi connectivity index (χ0v) is 15.6. The molecule has 0 aliphatic carbocycles. The van der Waals surface area contributed by atoms with Gasteiger partial charge in [0.2, 0.25) is 5.91 Å². The maximum Gasteiger partial charge on any atom is 0.313 e. The average Bonchev–Trinajstić information content (AvgIpc) is 2.68. The van der Waals surface area contributed by atoms with Gasteiger partial charge >= 0.3 is 11.8 Å². The molecule has 3 amide bonds. The van der Waals surface area contributed by atoms with E-state index < -0.39 is 35.8 Å². The predicted octanol–water partition coefficient (Wildman–Crippen LogP) is 2.21. The van der Waals surface area contributed by atoms with Crippen molar-refractivity contribution in [3.05, 3.63) is 59.7 Å². The van der Waals surface area contributed by atoms with Gasteiger partial charge in [0.05, 0.1) is 23.5 Å². The number of pyridine rings is 1. The molecule has 3 N–H and O–H groups in total. The van der Waals surface area contributed by atoms with Crippen molar-refractivity contribution in [1.82, 2.24) is 9.88 Å². The molecular formula is C20H20F2N4O3. The molecular weight excluding hydrogens is 382 g/mol. The van der Waals surface area contributed by atoms with Crippen molar-refractivity contribution in [3.8, 4) is 0 Å². The van der Waals surface area contributed by atoms with E-state index in [1.54, 1.807) is 6.92 Å². The van der Waals surface area contributed by atoms with Crippen molar-refractivity contribution in [1.29, 1.82) is 0 Å². The standard InChI is InChI=1S/C20H20F2N4O3/c1-11-6-16(22)17(12-2-4-14(21)5-3-12)26(10-11)20(29)19(28)25-15-7-13(18(23)27)8-24-9-15/h2-5,7-9,11,16-17H,6,10H2,1H3,(H2,23,27)(H,25,28)/t11-,16+,17+/m0/s1. The summed E-state index contributed by atoms with van der Waals surface area (Å²) in [5.41, 5.74) is 5.76. The number of aromatic nitrogens is 1. The molecule has 0 saturated carbocycles. The lowest BCUT2D eigenvalue weighted by atomic mass is 9.88. The monoisotopic (exact) mass is 402 g/mol. The number of anilines is 1. The normalized spacial score (nSPS) is 21.5. The Bertz CT molecular complexity index is 936. The van der Waals surface area contributed by atoms with Gasteiger partial charge < -0.3 is 16.0 Å². The summed E-state index contributed by atoms with van der Waals surface area (Å²) in [5.74, 6) is -3.30. The Labute approximate surface area is 165 Å². The highest BCUT2D eigenvalue weighted by atomic mass is 19.1. The number of rotatable bonds is 3. The number of alkyl halides is 1. The minimum atomic E-state index is -1.40. The number of nitrogens with two attached hydrogens (primary N) is 1. The molecule has 0 unspecified atom stereocenters. The molecule has 0 spiro atoms. The quantitative estimate of drug-likeness (QED) is 0.768. The van der Waals surface area contributed by atoms with Gasteiger partial charge in [0, 0.05) is 12.7 Å². The van der Waals surface area contributed by atoms with Crippen LogP contribution in [-0.2, 0) is 9.59 Å². The maximum atomic E-state index is 14.8. The number of hydrogen-bond acceptors (Lipinski definition) is 4. The highest BCUT2D eigenvalue weighted by Crippen LogP contribution is 2.36. The number of nitrogens with zero attached hydrogens (tertiary/aromatic N) is 2. The molecule has 3 rings (SSSR count). The van der Waals surface area contributed by atoms with Crippen molar-refractivity contribution < 1.29 is 23.2 Å². The number of piperidine rings is 1. The second-order valence-electron chi connectivity index (χ2n) is 7.09. The molecule has 2 heterocycles. The smallest absolute Gasteiger partial charge is 0.313 e. The van der Waals surface area contributed by atoms with Gasteiger partial charge in [-0.2, -0.15) is 0 Å². The van der Waals surface area contributed by atoms with Crippen LogP contribution < -0.4 is 11.1 Å². The Morgan fingerprint density at radius 1 is 1.21 bits per heavy atom. The summed E-state index contributed by atoms with van der Waals surface area (Å²) in [7, 11) is 0. The van der Waals surface area contributed by atoms with E-state index in [4.69, 9.17) is 5.73 Å². The molecule has 1 fully saturated rings. The molecule has 29 heavy (non-hydrogen) atoms. The first-order chi connectivity index (χ1) is 13.8. The molecule has 1 aromatic carbocycles. The number of amides is 3. The van der Waals surface area contributed by atoms with E-state index in [0.717, 1.165) is 4.90 Å². The lowest BCUT2D eigenvalue weighted by molar-refractivity contribution is -0.148. The second kappa shape index (κ2) is 8.34. The van der Waals surface area contributed by atoms with Gasteiger partial charge in [-0.05, 0) is 36.1 Å². The van der Waals surface area contributed by atoms with Gasteiger partial charge in [0.15, 0.2) is 0 Å². The summed E-state index contributed by atoms with van der Waals surface area (Å²) < 4.78 is 28.1. The fraction of sp³-hybridized carbons (Fsp3) is 0.300. The fourth-order valence-electron chi connectivity index (χ4n) is 3.45. The molecule has 0 bridgehead atoms. The largest absolute Gasteiger partial charge is 0.366 e. The van der Waals surface area contributed by atoms with E-state index in [2.05, 4.69) is 10.3 Å². The van der Waals surface area contributed by atoms with Crippen LogP contribution in [0.5, 0.6) is 0 Å². The van der Waals surface area contributed by atoms with Crippen LogP contribution >= 0.6 is 0 Å². The minimum absolute atomic E-state index is 0.0647. The van der Waals surface area contributed by atoms with Gasteiger partial charge in [-0.15, -0.1) is 0 Å². The summed E-state index contributed by atoms with van der Waals surface area (Å²) in [4.78, 5) is 41.5. The maximum absolute atomic E-state index is 14.8. The predicted molar refractivity (Wildman–Crippen MR) is 101 cm³/mol. The first-order valence-electron chi connectivity index (χ1n) is 9.02. The lowest BCUT2D eigenvalue weighted by Crippen LogP contribution is -2.50. The van der Waals surface area contributed by atoms with Crippen molar-refractivity contribution in [3.63, 3.8) is 0 Å². The number of benzene rings is 1. The third-order valence-electron chi connectivity index (χ3n) is 4.76. The molecule has 7 nitrogen and oxygen atoms in total. The fourth-order valence-corrected chi connectivity index (χ4v) is 3.45. The minimum Gasteiger partial charge on any atom is -0.366 e.